The number of hydrogen-bond acceptors (Lipinski definition) is 5. The highest BCUT2D eigenvalue weighted by atomic mass is 32.2. The molecule has 0 aliphatic carbocycles. The van der Waals surface area contributed by atoms with E-state index in [0.29, 0.717) is 18.8 Å². The van der Waals surface area contributed by atoms with Crippen molar-refractivity contribution in [2.45, 2.75) is 29.1 Å². The molecule has 0 saturated carbocycles. The number of amides is 1. The second kappa shape index (κ2) is 8.52. The van der Waals surface area contributed by atoms with E-state index in [1.807, 2.05) is 0 Å². The number of para-hydroxylation sites is 1. The van der Waals surface area contributed by atoms with Crippen LogP contribution in [0.15, 0.2) is 64.4 Å². The summed E-state index contributed by atoms with van der Waals surface area (Å²) in [5.74, 6) is -0.617. The van der Waals surface area contributed by atoms with Gasteiger partial charge in [-0.1, -0.05) is 18.2 Å². The number of primary amides is 1. The summed E-state index contributed by atoms with van der Waals surface area (Å²) in [5.41, 5.74) is 5.59. The van der Waals surface area contributed by atoms with Crippen LogP contribution in [0.4, 0.5) is 5.69 Å². The fourth-order valence-electron chi connectivity index (χ4n) is 3.18. The largest absolute Gasteiger partial charge is 0.370 e. The molecule has 29 heavy (non-hydrogen) atoms. The van der Waals surface area contributed by atoms with Gasteiger partial charge in [0.05, 0.1) is 15.5 Å². The third-order valence-electron chi connectivity index (χ3n) is 4.72. The molecule has 1 aliphatic heterocycles. The normalized spacial score (nSPS) is 15.3. The maximum atomic E-state index is 13.2. The third kappa shape index (κ3) is 4.60. The van der Waals surface area contributed by atoms with E-state index in [0.717, 1.165) is 17.1 Å². The number of hydrogen-bond donors (Lipinski definition) is 1. The summed E-state index contributed by atoms with van der Waals surface area (Å²) < 4.78 is 54.1. The van der Waals surface area contributed by atoms with Crippen molar-refractivity contribution < 1.29 is 21.6 Å². The molecule has 3 rings (SSSR count). The second-order valence-electron chi connectivity index (χ2n) is 6.71. The Hall–Kier alpha value is -2.43. The minimum absolute atomic E-state index is 0.0572. The number of nitrogens with zero attached hydrogens (tertiary/aromatic N) is 2. The van der Waals surface area contributed by atoms with Crippen molar-refractivity contribution in [2.24, 2.45) is 5.73 Å². The number of nitrogens with two attached hydrogens (primary N) is 1. The van der Waals surface area contributed by atoms with Gasteiger partial charge < -0.3 is 5.73 Å². The number of anilines is 1. The highest BCUT2D eigenvalue weighted by Gasteiger charge is 2.29. The van der Waals surface area contributed by atoms with E-state index >= 15 is 0 Å². The first-order valence-electron chi connectivity index (χ1n) is 9.19. The summed E-state index contributed by atoms with van der Waals surface area (Å²) >= 11 is 0. The monoisotopic (exact) mass is 437 g/mol. The maximum absolute atomic E-state index is 13.2. The topological polar surface area (TPSA) is 118 Å². The van der Waals surface area contributed by atoms with Crippen LogP contribution in [0, 0.1) is 0 Å². The summed E-state index contributed by atoms with van der Waals surface area (Å²) in [7, 11) is -7.65. The van der Waals surface area contributed by atoms with Gasteiger partial charge in [0.2, 0.25) is 15.9 Å². The molecule has 0 unspecified atom stereocenters. The number of rotatable bonds is 8. The van der Waals surface area contributed by atoms with Crippen LogP contribution in [0.3, 0.4) is 0 Å². The van der Waals surface area contributed by atoms with Gasteiger partial charge in [-0.2, -0.15) is 4.31 Å². The average Bonchev–Trinajstić information content (AvgIpc) is 3.24. The van der Waals surface area contributed by atoms with Crippen molar-refractivity contribution in [2.75, 3.05) is 23.9 Å². The molecule has 1 saturated heterocycles. The molecule has 10 heteroatoms. The minimum Gasteiger partial charge on any atom is -0.370 e. The molecular weight excluding hydrogens is 414 g/mol. The smallest absolute Gasteiger partial charge is 0.264 e. The first-order chi connectivity index (χ1) is 13.7. The van der Waals surface area contributed by atoms with Gasteiger partial charge in [-0.15, -0.1) is 0 Å². The fraction of sp³-hybridized carbons (Fsp3) is 0.316. The number of carbonyl (C=O) groups excluding carboxylic acids is 1. The molecule has 1 aliphatic rings. The van der Waals surface area contributed by atoms with Gasteiger partial charge in [-0.05, 0) is 49.2 Å². The van der Waals surface area contributed by atoms with Crippen LogP contribution >= 0.6 is 0 Å². The lowest BCUT2D eigenvalue weighted by molar-refractivity contribution is -0.117. The molecule has 0 spiro atoms. The zero-order valence-corrected chi connectivity index (χ0v) is 17.4. The van der Waals surface area contributed by atoms with Gasteiger partial charge in [-0.3, -0.25) is 9.10 Å². The summed E-state index contributed by atoms with van der Waals surface area (Å²) in [6.45, 7) is 0.823. The Labute approximate surface area is 171 Å². The Morgan fingerprint density at radius 3 is 2.00 bits per heavy atom. The quantitative estimate of drug-likeness (QED) is 0.672. The average molecular weight is 438 g/mol. The molecule has 156 valence electrons. The number of sulfonamides is 2. The van der Waals surface area contributed by atoms with Gasteiger partial charge in [0.25, 0.3) is 10.0 Å². The summed E-state index contributed by atoms with van der Waals surface area (Å²) in [6, 6.07) is 13.5. The predicted octanol–water partition coefficient (Wildman–Crippen LogP) is 1.54. The lowest BCUT2D eigenvalue weighted by Crippen LogP contribution is -2.34. The van der Waals surface area contributed by atoms with Gasteiger partial charge in [0.1, 0.15) is 0 Å². The fourth-order valence-corrected chi connectivity index (χ4v) is 6.16. The van der Waals surface area contributed by atoms with Gasteiger partial charge in [0, 0.05) is 26.1 Å². The third-order valence-corrected chi connectivity index (χ3v) is 8.47. The summed E-state index contributed by atoms with van der Waals surface area (Å²) in [4.78, 5) is 11.2. The Bertz CT molecular complexity index is 1060. The van der Waals surface area contributed by atoms with Gasteiger partial charge in [-0.25, -0.2) is 16.8 Å². The molecule has 0 atom stereocenters. The molecule has 0 aromatic heterocycles. The molecular formula is C19H23N3O5S2. The van der Waals surface area contributed by atoms with Crippen LogP contribution in [0.5, 0.6) is 0 Å². The van der Waals surface area contributed by atoms with E-state index < -0.39 is 26.0 Å². The molecule has 2 N–H and O–H groups in total. The Morgan fingerprint density at radius 1 is 0.897 bits per heavy atom. The molecule has 2 aromatic carbocycles. The van der Waals surface area contributed by atoms with Crippen molar-refractivity contribution in [3.8, 4) is 0 Å². The molecule has 2 aromatic rings. The van der Waals surface area contributed by atoms with Gasteiger partial charge in [0.15, 0.2) is 0 Å². The van der Waals surface area contributed by atoms with Crippen molar-refractivity contribution in [3.63, 3.8) is 0 Å². The van der Waals surface area contributed by atoms with Crippen molar-refractivity contribution in [1.82, 2.24) is 4.31 Å². The standard InChI is InChI=1S/C19H23N3O5S2/c20-19(23)12-15-22(16-6-2-1-3-7-16)29(26,27)18-10-8-17(9-11-18)28(24,25)21-13-4-5-14-21/h1-3,6-11H,4-5,12-15H2,(H2,20,23). The highest BCUT2D eigenvalue weighted by Crippen LogP contribution is 2.26. The Kier molecular flexibility index (Phi) is 6.25. The predicted molar refractivity (Wildman–Crippen MR) is 109 cm³/mol. The molecule has 1 amide bonds. The van der Waals surface area contributed by atoms with E-state index in [1.54, 1.807) is 30.3 Å². The molecule has 1 fully saturated rings. The first-order valence-corrected chi connectivity index (χ1v) is 12.1. The van der Waals surface area contributed by atoms with Crippen LogP contribution in [-0.4, -0.2) is 46.7 Å². The summed E-state index contributed by atoms with van der Waals surface area (Å²) in [6.07, 6.45) is 1.49. The van der Waals surface area contributed by atoms with E-state index in [4.69, 9.17) is 5.73 Å². The van der Waals surface area contributed by atoms with E-state index in [9.17, 15) is 21.6 Å². The van der Waals surface area contributed by atoms with Crippen molar-refractivity contribution in [3.05, 3.63) is 54.6 Å². The van der Waals surface area contributed by atoms with Crippen LogP contribution in [0.1, 0.15) is 19.3 Å². The van der Waals surface area contributed by atoms with Crippen LogP contribution in [-0.2, 0) is 24.8 Å². The van der Waals surface area contributed by atoms with Crippen molar-refractivity contribution >= 4 is 31.6 Å². The van der Waals surface area contributed by atoms with Gasteiger partial charge >= 0.3 is 0 Å². The minimum atomic E-state index is -4.01. The molecule has 0 bridgehead atoms. The Morgan fingerprint density at radius 2 is 1.45 bits per heavy atom. The van der Waals surface area contributed by atoms with E-state index in [-0.39, 0.29) is 22.8 Å². The first kappa shape index (κ1) is 21.3. The maximum Gasteiger partial charge on any atom is 0.264 e. The van der Waals surface area contributed by atoms with Crippen molar-refractivity contribution in [1.29, 1.82) is 0 Å². The SMILES string of the molecule is NC(=O)CCN(c1ccccc1)S(=O)(=O)c1ccc(S(=O)(=O)N2CCCC2)cc1. The summed E-state index contributed by atoms with van der Waals surface area (Å²) in [5, 5.41) is 0. The van der Waals surface area contributed by atoms with Crippen LogP contribution in [0.2, 0.25) is 0 Å². The van der Waals surface area contributed by atoms with E-state index in [2.05, 4.69) is 0 Å². The molecule has 1 heterocycles. The van der Waals surface area contributed by atoms with Crippen LogP contribution in [0.25, 0.3) is 0 Å². The van der Waals surface area contributed by atoms with E-state index in [1.165, 1.54) is 28.6 Å². The van der Waals surface area contributed by atoms with Crippen LogP contribution < -0.4 is 10.0 Å². The zero-order chi connectivity index (χ0) is 21.1. The molecule has 8 nitrogen and oxygen atoms in total. The Balaban J connectivity index is 1.93. The second-order valence-corrected chi connectivity index (χ2v) is 10.5. The zero-order valence-electron chi connectivity index (χ0n) is 15.8. The lowest BCUT2D eigenvalue weighted by atomic mass is 10.3. The lowest BCUT2D eigenvalue weighted by Gasteiger charge is -2.24. The molecule has 0 radical (unpaired) electrons. The highest BCUT2D eigenvalue weighted by molar-refractivity contribution is 7.92. The number of benzene rings is 2. The number of carbonyl (C=O) groups is 1.